The van der Waals surface area contributed by atoms with Crippen molar-refractivity contribution in [1.29, 1.82) is 0 Å². The zero-order valence-corrected chi connectivity index (χ0v) is 14.2. The molecule has 20 heavy (non-hydrogen) atoms. The average molecular weight is 288 g/mol. The third-order valence-corrected chi connectivity index (χ3v) is 2.38. The largest absolute Gasteiger partial charge is 0.444 e. The monoisotopic (exact) mass is 288 g/mol. The Morgan fingerprint density at radius 3 is 1.95 bits per heavy atom. The Hall–Kier alpha value is -1.10. The summed E-state index contributed by atoms with van der Waals surface area (Å²) in [4.78, 5) is 22.7. The number of nitrogens with one attached hydrogen (secondary N) is 1. The molecular weight excluding hydrogens is 256 g/mol. The molecule has 0 heterocycles. The SMILES string of the molecule is CC(CC(C)(C)C)C(C=O)NC(=O)OC(C)(C)C.CN. The Morgan fingerprint density at radius 2 is 1.65 bits per heavy atom. The highest BCUT2D eigenvalue weighted by molar-refractivity contribution is 5.73. The van der Waals surface area contributed by atoms with Crippen molar-refractivity contribution in [1.82, 2.24) is 5.32 Å². The molecule has 5 nitrogen and oxygen atoms in total. The van der Waals surface area contributed by atoms with Gasteiger partial charge in [-0.2, -0.15) is 0 Å². The van der Waals surface area contributed by atoms with Gasteiger partial charge in [0.15, 0.2) is 0 Å². The molecule has 0 aromatic rings. The first-order valence-corrected chi connectivity index (χ1v) is 6.97. The number of hydrogen-bond donors (Lipinski definition) is 2. The number of hydrogen-bond acceptors (Lipinski definition) is 4. The van der Waals surface area contributed by atoms with Gasteiger partial charge in [-0.1, -0.05) is 27.7 Å². The molecule has 0 bridgehead atoms. The first-order valence-electron chi connectivity index (χ1n) is 6.97. The second-order valence-corrected chi connectivity index (χ2v) is 7.05. The van der Waals surface area contributed by atoms with Crippen molar-refractivity contribution in [2.24, 2.45) is 17.1 Å². The maximum absolute atomic E-state index is 11.6. The summed E-state index contributed by atoms with van der Waals surface area (Å²) in [6, 6.07) is -0.501. The van der Waals surface area contributed by atoms with Gasteiger partial charge in [0.05, 0.1) is 6.04 Å². The number of carbonyl (C=O) groups excluding carboxylic acids is 2. The summed E-state index contributed by atoms with van der Waals surface area (Å²) in [7, 11) is 1.50. The van der Waals surface area contributed by atoms with Crippen molar-refractivity contribution in [3.05, 3.63) is 0 Å². The highest BCUT2D eigenvalue weighted by Crippen LogP contribution is 2.25. The van der Waals surface area contributed by atoms with E-state index in [-0.39, 0.29) is 11.3 Å². The quantitative estimate of drug-likeness (QED) is 0.779. The van der Waals surface area contributed by atoms with Crippen molar-refractivity contribution in [2.45, 2.75) is 66.5 Å². The Morgan fingerprint density at radius 1 is 1.20 bits per heavy atom. The van der Waals surface area contributed by atoms with E-state index in [0.717, 1.165) is 12.7 Å². The second-order valence-electron chi connectivity index (χ2n) is 7.05. The molecule has 0 spiro atoms. The molecule has 1 amide bonds. The minimum Gasteiger partial charge on any atom is -0.444 e. The molecule has 3 N–H and O–H groups in total. The molecule has 2 atom stereocenters. The molecule has 0 saturated carbocycles. The molecule has 0 fully saturated rings. The van der Waals surface area contributed by atoms with Crippen LogP contribution in [-0.4, -0.2) is 31.1 Å². The van der Waals surface area contributed by atoms with E-state index in [9.17, 15) is 9.59 Å². The average Bonchev–Trinajstić information content (AvgIpc) is 2.23. The molecule has 0 aliphatic rings. The predicted octanol–water partition coefficient (Wildman–Crippen LogP) is 2.73. The van der Waals surface area contributed by atoms with Gasteiger partial charge in [-0.25, -0.2) is 4.79 Å². The normalized spacial score (nSPS) is 14.4. The van der Waals surface area contributed by atoms with Gasteiger partial charge < -0.3 is 20.6 Å². The van der Waals surface area contributed by atoms with E-state index >= 15 is 0 Å². The van der Waals surface area contributed by atoms with Crippen LogP contribution in [0.5, 0.6) is 0 Å². The van der Waals surface area contributed by atoms with Gasteiger partial charge in [-0.3, -0.25) is 0 Å². The number of alkyl carbamates (subject to hydrolysis) is 1. The predicted molar refractivity (Wildman–Crippen MR) is 82.6 cm³/mol. The molecular formula is C15H32N2O3. The molecule has 0 aromatic heterocycles. The first kappa shape index (κ1) is 21.2. The number of nitrogens with two attached hydrogens (primary N) is 1. The van der Waals surface area contributed by atoms with Gasteiger partial charge in [0, 0.05) is 0 Å². The molecule has 0 aliphatic heterocycles. The highest BCUT2D eigenvalue weighted by atomic mass is 16.6. The van der Waals surface area contributed by atoms with E-state index in [1.165, 1.54) is 7.05 Å². The lowest BCUT2D eigenvalue weighted by molar-refractivity contribution is -0.110. The minimum atomic E-state index is -0.551. The molecule has 0 radical (unpaired) electrons. The van der Waals surface area contributed by atoms with Crippen molar-refractivity contribution in [3.63, 3.8) is 0 Å². The molecule has 0 aromatic carbocycles. The van der Waals surface area contributed by atoms with E-state index in [4.69, 9.17) is 4.74 Å². The zero-order valence-electron chi connectivity index (χ0n) is 14.2. The van der Waals surface area contributed by atoms with Crippen molar-refractivity contribution in [3.8, 4) is 0 Å². The maximum atomic E-state index is 11.6. The molecule has 0 aliphatic carbocycles. The van der Waals surface area contributed by atoms with E-state index in [0.29, 0.717) is 0 Å². The van der Waals surface area contributed by atoms with E-state index < -0.39 is 17.7 Å². The fourth-order valence-corrected chi connectivity index (χ4v) is 1.85. The number of ether oxygens (including phenoxy) is 1. The molecule has 5 heteroatoms. The standard InChI is InChI=1S/C14H27NO3.CH5N/c1-10(8-13(2,3)4)11(9-16)15-12(17)18-14(5,6)7;1-2/h9-11H,8H2,1-7H3,(H,15,17);2H2,1H3. The Kier molecular flexibility index (Phi) is 9.49. The van der Waals surface area contributed by atoms with Crippen molar-refractivity contribution in [2.75, 3.05) is 7.05 Å². The summed E-state index contributed by atoms with van der Waals surface area (Å²) in [5.74, 6) is 0.0787. The van der Waals surface area contributed by atoms with Crippen LogP contribution in [0.1, 0.15) is 54.9 Å². The molecule has 2 unspecified atom stereocenters. The smallest absolute Gasteiger partial charge is 0.408 e. The number of carbonyl (C=O) groups is 2. The summed E-state index contributed by atoms with van der Waals surface area (Å²) in [6.07, 6.45) is 1.09. The zero-order chi connectivity index (χ0) is 16.6. The van der Waals surface area contributed by atoms with Crippen LogP contribution in [0, 0.1) is 11.3 Å². The fraction of sp³-hybridized carbons (Fsp3) is 0.867. The summed E-state index contributed by atoms with van der Waals surface area (Å²) in [6.45, 7) is 13.7. The van der Waals surface area contributed by atoms with Crippen LogP contribution in [0.15, 0.2) is 0 Å². The molecule has 0 rings (SSSR count). The van der Waals surface area contributed by atoms with E-state index in [1.807, 2.05) is 6.92 Å². The van der Waals surface area contributed by atoms with Crippen LogP contribution >= 0.6 is 0 Å². The van der Waals surface area contributed by atoms with E-state index in [2.05, 4.69) is 31.8 Å². The Labute approximate surface area is 123 Å². The van der Waals surface area contributed by atoms with Gasteiger partial charge >= 0.3 is 6.09 Å². The summed E-state index contributed by atoms with van der Waals surface area (Å²) in [5, 5.41) is 2.62. The molecule has 0 saturated heterocycles. The fourth-order valence-electron chi connectivity index (χ4n) is 1.85. The molecule has 120 valence electrons. The van der Waals surface area contributed by atoms with Crippen LogP contribution in [0.2, 0.25) is 0 Å². The minimum absolute atomic E-state index is 0.0787. The number of aldehydes is 1. The maximum Gasteiger partial charge on any atom is 0.408 e. The van der Waals surface area contributed by atoms with Crippen LogP contribution in [0.3, 0.4) is 0 Å². The lowest BCUT2D eigenvalue weighted by atomic mass is 9.82. The summed E-state index contributed by atoms with van der Waals surface area (Å²) >= 11 is 0. The first-order chi connectivity index (χ1) is 8.94. The van der Waals surface area contributed by atoms with Crippen LogP contribution in [0.25, 0.3) is 0 Å². The highest BCUT2D eigenvalue weighted by Gasteiger charge is 2.26. The summed E-state index contributed by atoms with van der Waals surface area (Å²) in [5.41, 5.74) is 4.07. The lowest BCUT2D eigenvalue weighted by Gasteiger charge is -2.28. The van der Waals surface area contributed by atoms with Crippen LogP contribution in [0.4, 0.5) is 4.79 Å². The summed E-state index contributed by atoms with van der Waals surface area (Å²) < 4.78 is 5.14. The second kappa shape index (κ2) is 8.95. The van der Waals surface area contributed by atoms with Crippen LogP contribution < -0.4 is 11.1 Å². The van der Waals surface area contributed by atoms with E-state index in [1.54, 1.807) is 20.8 Å². The number of amides is 1. The van der Waals surface area contributed by atoms with Crippen molar-refractivity contribution >= 4 is 12.4 Å². The van der Waals surface area contributed by atoms with Gasteiger partial charge in [0.2, 0.25) is 0 Å². The third kappa shape index (κ3) is 12.0. The van der Waals surface area contributed by atoms with Gasteiger partial charge in [-0.05, 0) is 45.6 Å². The van der Waals surface area contributed by atoms with Gasteiger partial charge in [-0.15, -0.1) is 0 Å². The van der Waals surface area contributed by atoms with Crippen molar-refractivity contribution < 1.29 is 14.3 Å². The van der Waals surface area contributed by atoms with Gasteiger partial charge in [0.1, 0.15) is 11.9 Å². The third-order valence-electron chi connectivity index (χ3n) is 2.38. The Bertz CT molecular complexity index is 290. The lowest BCUT2D eigenvalue weighted by Crippen LogP contribution is -2.44. The van der Waals surface area contributed by atoms with Crippen LogP contribution in [-0.2, 0) is 9.53 Å². The topological polar surface area (TPSA) is 81.4 Å². The Balaban J connectivity index is 0. The number of rotatable bonds is 4. The van der Waals surface area contributed by atoms with Gasteiger partial charge in [0.25, 0.3) is 0 Å².